The van der Waals surface area contributed by atoms with Gasteiger partial charge in [0.1, 0.15) is 11.6 Å². The van der Waals surface area contributed by atoms with Crippen LogP contribution in [0.25, 0.3) is 11.3 Å². The van der Waals surface area contributed by atoms with Gasteiger partial charge in [0, 0.05) is 39.3 Å². The molecule has 28 heavy (non-hydrogen) atoms. The lowest BCUT2D eigenvalue weighted by Crippen LogP contribution is -2.51. The molecule has 150 valence electrons. The Morgan fingerprint density at radius 3 is 2.36 bits per heavy atom. The molecule has 0 bridgehead atoms. The predicted octanol–water partition coefficient (Wildman–Crippen LogP) is 2.71. The Kier molecular flexibility index (Phi) is 6.46. The maximum absolute atomic E-state index is 13.9. The number of rotatable bonds is 6. The fourth-order valence-corrected chi connectivity index (χ4v) is 3.39. The highest BCUT2D eigenvalue weighted by Crippen LogP contribution is 2.25. The minimum Gasteiger partial charge on any atom is -0.451 e. The summed E-state index contributed by atoms with van der Waals surface area (Å²) >= 11 is 0. The first-order valence-electron chi connectivity index (χ1n) is 9.67. The second kappa shape index (κ2) is 9.01. The second-order valence-corrected chi connectivity index (χ2v) is 6.78. The molecular formula is C21H26FN3O3. The van der Waals surface area contributed by atoms with Gasteiger partial charge in [0.2, 0.25) is 5.91 Å². The van der Waals surface area contributed by atoms with Crippen LogP contribution in [0.1, 0.15) is 24.4 Å². The molecule has 1 aliphatic rings. The molecule has 6 nitrogen and oxygen atoms in total. The first kappa shape index (κ1) is 20.1. The van der Waals surface area contributed by atoms with Crippen LogP contribution in [0.5, 0.6) is 0 Å². The number of carbonyl (C=O) groups is 2. The molecule has 2 amide bonds. The topological polar surface area (TPSA) is 57.0 Å². The zero-order valence-electron chi connectivity index (χ0n) is 16.4. The maximum Gasteiger partial charge on any atom is 0.289 e. The predicted molar refractivity (Wildman–Crippen MR) is 104 cm³/mol. The lowest BCUT2D eigenvalue weighted by Gasteiger charge is -2.34. The van der Waals surface area contributed by atoms with Crippen LogP contribution in [0.3, 0.4) is 0 Å². The van der Waals surface area contributed by atoms with E-state index in [0.717, 1.165) is 0 Å². The van der Waals surface area contributed by atoms with Crippen molar-refractivity contribution in [2.24, 2.45) is 0 Å². The van der Waals surface area contributed by atoms with Crippen LogP contribution < -0.4 is 0 Å². The van der Waals surface area contributed by atoms with Gasteiger partial charge in [0.25, 0.3) is 5.91 Å². The first-order chi connectivity index (χ1) is 13.5. The highest BCUT2D eigenvalue weighted by atomic mass is 19.1. The summed E-state index contributed by atoms with van der Waals surface area (Å²) in [7, 11) is 0. The van der Waals surface area contributed by atoms with Crippen molar-refractivity contribution in [2.75, 3.05) is 45.8 Å². The molecule has 1 aliphatic heterocycles. The van der Waals surface area contributed by atoms with Crippen LogP contribution in [0.2, 0.25) is 0 Å². The number of nitrogens with zero attached hydrogens (tertiary/aromatic N) is 3. The Hall–Kier alpha value is -2.67. The molecule has 0 saturated carbocycles. The zero-order valence-corrected chi connectivity index (χ0v) is 16.4. The Morgan fingerprint density at radius 1 is 1.04 bits per heavy atom. The maximum atomic E-state index is 13.9. The molecule has 1 aromatic carbocycles. The summed E-state index contributed by atoms with van der Waals surface area (Å²) in [6.07, 6.45) is 0. The van der Waals surface area contributed by atoms with Crippen molar-refractivity contribution in [1.82, 2.24) is 14.7 Å². The van der Waals surface area contributed by atoms with E-state index in [4.69, 9.17) is 4.42 Å². The normalized spacial score (nSPS) is 14.9. The Labute approximate surface area is 164 Å². The number of likely N-dealkylation sites (N-methyl/N-ethyl adjacent to an activating group) is 1. The lowest BCUT2D eigenvalue weighted by atomic mass is 10.1. The molecular weight excluding hydrogens is 361 g/mol. The van der Waals surface area contributed by atoms with Crippen LogP contribution in [-0.2, 0) is 4.79 Å². The standard InChI is InChI=1S/C21H26FN3O3/c1-3-24(4-2)20(26)15-23-11-13-25(14-12-23)21(27)19-10-9-18(28-19)16-7-5-6-8-17(16)22/h5-10H,3-4,11-15H2,1-2H3. The SMILES string of the molecule is CCN(CC)C(=O)CN1CCN(C(=O)c2ccc(-c3ccccc3F)o2)CC1. The van der Waals surface area contributed by atoms with Gasteiger partial charge in [0.15, 0.2) is 5.76 Å². The smallest absolute Gasteiger partial charge is 0.289 e. The summed E-state index contributed by atoms with van der Waals surface area (Å²) < 4.78 is 19.5. The van der Waals surface area contributed by atoms with Gasteiger partial charge in [-0.1, -0.05) is 12.1 Å². The van der Waals surface area contributed by atoms with E-state index in [1.54, 1.807) is 35.2 Å². The van der Waals surface area contributed by atoms with E-state index in [9.17, 15) is 14.0 Å². The summed E-state index contributed by atoms with van der Waals surface area (Å²) in [5.41, 5.74) is 0.335. The lowest BCUT2D eigenvalue weighted by molar-refractivity contribution is -0.132. The number of benzene rings is 1. The largest absolute Gasteiger partial charge is 0.451 e. The summed E-state index contributed by atoms with van der Waals surface area (Å²) in [5, 5.41) is 0. The van der Waals surface area contributed by atoms with Crippen LogP contribution in [0.4, 0.5) is 4.39 Å². The molecule has 0 aliphatic carbocycles. The van der Waals surface area contributed by atoms with Gasteiger partial charge >= 0.3 is 0 Å². The average Bonchev–Trinajstić information content (AvgIpc) is 3.19. The number of hydrogen-bond acceptors (Lipinski definition) is 4. The molecule has 0 spiro atoms. The van der Waals surface area contributed by atoms with Crippen molar-refractivity contribution in [3.63, 3.8) is 0 Å². The van der Waals surface area contributed by atoms with Crippen molar-refractivity contribution < 1.29 is 18.4 Å². The Morgan fingerprint density at radius 2 is 1.71 bits per heavy atom. The number of piperazine rings is 1. The van der Waals surface area contributed by atoms with Gasteiger partial charge in [-0.2, -0.15) is 0 Å². The van der Waals surface area contributed by atoms with E-state index in [1.165, 1.54) is 6.07 Å². The zero-order chi connectivity index (χ0) is 20.1. The van der Waals surface area contributed by atoms with Gasteiger partial charge in [-0.3, -0.25) is 14.5 Å². The van der Waals surface area contributed by atoms with E-state index in [1.807, 2.05) is 18.7 Å². The third-order valence-electron chi connectivity index (χ3n) is 5.09. The number of amides is 2. The number of halogens is 1. The quantitative estimate of drug-likeness (QED) is 0.765. The Bertz CT molecular complexity index is 824. The van der Waals surface area contributed by atoms with E-state index >= 15 is 0 Å². The molecule has 0 atom stereocenters. The van der Waals surface area contributed by atoms with Crippen molar-refractivity contribution in [1.29, 1.82) is 0 Å². The van der Waals surface area contributed by atoms with Crippen molar-refractivity contribution in [3.8, 4) is 11.3 Å². The van der Waals surface area contributed by atoms with Crippen molar-refractivity contribution >= 4 is 11.8 Å². The number of carbonyl (C=O) groups excluding carboxylic acids is 2. The molecule has 3 rings (SSSR count). The van der Waals surface area contributed by atoms with Gasteiger partial charge in [-0.05, 0) is 38.1 Å². The summed E-state index contributed by atoms with van der Waals surface area (Å²) in [5.74, 6) is 0.0563. The third-order valence-corrected chi connectivity index (χ3v) is 5.09. The monoisotopic (exact) mass is 387 g/mol. The van der Waals surface area contributed by atoms with Gasteiger partial charge in [0.05, 0.1) is 12.1 Å². The molecule has 1 saturated heterocycles. The van der Waals surface area contributed by atoms with Gasteiger partial charge < -0.3 is 14.2 Å². The molecule has 7 heteroatoms. The van der Waals surface area contributed by atoms with Crippen molar-refractivity contribution in [3.05, 3.63) is 48.0 Å². The fraction of sp³-hybridized carbons (Fsp3) is 0.429. The van der Waals surface area contributed by atoms with Crippen LogP contribution in [0, 0.1) is 5.82 Å². The summed E-state index contributed by atoms with van der Waals surface area (Å²) in [4.78, 5) is 30.5. The minimum atomic E-state index is -0.387. The molecule has 0 radical (unpaired) electrons. The first-order valence-corrected chi connectivity index (χ1v) is 9.67. The molecule has 2 aromatic rings. The molecule has 1 fully saturated rings. The van der Waals surface area contributed by atoms with E-state index < -0.39 is 0 Å². The van der Waals surface area contributed by atoms with E-state index in [0.29, 0.717) is 57.1 Å². The van der Waals surface area contributed by atoms with Crippen molar-refractivity contribution in [2.45, 2.75) is 13.8 Å². The van der Waals surface area contributed by atoms with Crippen LogP contribution in [-0.4, -0.2) is 72.3 Å². The Balaban J connectivity index is 1.57. The fourth-order valence-electron chi connectivity index (χ4n) is 3.39. The summed E-state index contributed by atoms with van der Waals surface area (Å²) in [6, 6.07) is 9.51. The highest BCUT2D eigenvalue weighted by Gasteiger charge is 2.26. The van der Waals surface area contributed by atoms with Crippen LogP contribution >= 0.6 is 0 Å². The third kappa shape index (κ3) is 4.42. The minimum absolute atomic E-state index is 0.116. The second-order valence-electron chi connectivity index (χ2n) is 6.78. The van der Waals surface area contributed by atoms with Gasteiger partial charge in [-0.25, -0.2) is 4.39 Å². The molecule has 1 aromatic heterocycles. The highest BCUT2D eigenvalue weighted by molar-refractivity contribution is 5.92. The molecule has 0 unspecified atom stereocenters. The van der Waals surface area contributed by atoms with Gasteiger partial charge in [-0.15, -0.1) is 0 Å². The molecule has 0 N–H and O–H groups in total. The average molecular weight is 387 g/mol. The van der Waals surface area contributed by atoms with E-state index in [-0.39, 0.29) is 23.4 Å². The molecule has 2 heterocycles. The van der Waals surface area contributed by atoms with E-state index in [2.05, 4.69) is 4.90 Å². The summed E-state index contributed by atoms with van der Waals surface area (Å²) in [6.45, 7) is 8.06. The number of furan rings is 1. The van der Waals surface area contributed by atoms with Crippen LogP contribution in [0.15, 0.2) is 40.8 Å². The number of hydrogen-bond donors (Lipinski definition) is 0.